The Morgan fingerprint density at radius 1 is 0.825 bits per heavy atom. The van der Waals surface area contributed by atoms with E-state index in [4.69, 9.17) is 0 Å². The van der Waals surface area contributed by atoms with Crippen molar-refractivity contribution in [2.24, 2.45) is 0 Å². The van der Waals surface area contributed by atoms with Gasteiger partial charge in [0.25, 0.3) is 5.91 Å². The zero-order valence-corrected chi connectivity index (χ0v) is 23.6. The minimum atomic E-state index is -4.49. The maximum atomic E-state index is 13.6. The summed E-state index contributed by atoms with van der Waals surface area (Å²) in [5, 5.41) is 2.20. The zero-order valence-electron chi connectivity index (χ0n) is 22.0. The van der Waals surface area contributed by atoms with Crippen molar-refractivity contribution in [3.8, 4) is 11.1 Å². The molecule has 0 radical (unpaired) electrons. The lowest BCUT2D eigenvalue weighted by atomic mass is 9.73. The maximum Gasteiger partial charge on any atom is 0.405 e. The molecule has 1 aliphatic carbocycles. The van der Waals surface area contributed by atoms with Crippen molar-refractivity contribution >= 4 is 27.7 Å². The standard InChI is InChI=1S/C31H31BrF3N3O2/c32-27-14-6-3-11-24(27)28(39)38-19-17-37(18-20-38)16-8-7-15-30(29(40)36-21-31(33,34)35)25-12-4-1-9-22(25)23-10-2-5-13-26(23)30/h1-6,9-14H,7-8,15-21H2,(H,36,40). The molecular formula is C31H31BrF3N3O2. The summed E-state index contributed by atoms with van der Waals surface area (Å²) in [6.07, 6.45) is -2.63. The Kier molecular flexibility index (Phi) is 8.33. The van der Waals surface area contributed by atoms with Gasteiger partial charge >= 0.3 is 6.18 Å². The second-order valence-electron chi connectivity index (χ2n) is 10.4. The number of carbonyl (C=O) groups is 2. The molecule has 0 aromatic heterocycles. The fourth-order valence-electron chi connectivity index (χ4n) is 5.99. The Balaban J connectivity index is 1.25. The number of benzene rings is 3. The van der Waals surface area contributed by atoms with E-state index in [-0.39, 0.29) is 5.91 Å². The Morgan fingerprint density at radius 3 is 2.00 bits per heavy atom. The van der Waals surface area contributed by atoms with Crippen LogP contribution in [0.2, 0.25) is 0 Å². The molecule has 5 nitrogen and oxygen atoms in total. The zero-order chi connectivity index (χ0) is 28.3. The van der Waals surface area contributed by atoms with Crippen molar-refractivity contribution in [1.82, 2.24) is 15.1 Å². The van der Waals surface area contributed by atoms with E-state index in [1.54, 1.807) is 0 Å². The molecule has 1 saturated heterocycles. The normalized spacial score (nSPS) is 16.4. The Morgan fingerprint density at radius 2 is 1.40 bits per heavy atom. The van der Waals surface area contributed by atoms with Gasteiger partial charge in [0.05, 0.1) is 5.56 Å². The van der Waals surface area contributed by atoms with Crippen molar-refractivity contribution in [3.63, 3.8) is 0 Å². The van der Waals surface area contributed by atoms with Gasteiger partial charge in [0, 0.05) is 30.7 Å². The molecule has 0 spiro atoms. The molecule has 2 amide bonds. The Labute approximate surface area is 240 Å². The molecular weight excluding hydrogens is 583 g/mol. The van der Waals surface area contributed by atoms with Crippen molar-refractivity contribution in [1.29, 1.82) is 0 Å². The van der Waals surface area contributed by atoms with Crippen LogP contribution in [-0.4, -0.2) is 67.1 Å². The molecule has 0 unspecified atom stereocenters. The summed E-state index contributed by atoms with van der Waals surface area (Å²) in [6.45, 7) is 2.19. The lowest BCUT2D eigenvalue weighted by molar-refractivity contribution is -0.141. The maximum absolute atomic E-state index is 13.6. The quantitative estimate of drug-likeness (QED) is 0.316. The smallest absolute Gasteiger partial charge is 0.346 e. The SMILES string of the molecule is O=C(c1ccccc1Br)N1CCN(CCCCC2(C(=O)NCC(F)(F)F)c3ccccc3-c3ccccc32)CC1. The number of hydrogen-bond acceptors (Lipinski definition) is 3. The molecule has 1 N–H and O–H groups in total. The summed E-state index contributed by atoms with van der Waals surface area (Å²) in [5.74, 6) is -0.598. The number of alkyl halides is 3. The molecule has 3 aromatic carbocycles. The monoisotopic (exact) mass is 613 g/mol. The molecule has 1 aliphatic heterocycles. The molecule has 0 saturated carbocycles. The Bertz CT molecular complexity index is 1340. The summed E-state index contributed by atoms with van der Waals surface area (Å²) < 4.78 is 40.0. The fraction of sp³-hybridized carbons (Fsp3) is 0.355. The highest BCUT2D eigenvalue weighted by Crippen LogP contribution is 2.51. The van der Waals surface area contributed by atoms with Crippen molar-refractivity contribution in [2.45, 2.75) is 30.9 Å². The van der Waals surface area contributed by atoms with Crippen LogP contribution in [0.5, 0.6) is 0 Å². The third kappa shape index (κ3) is 5.67. The van der Waals surface area contributed by atoms with Crippen molar-refractivity contribution in [2.75, 3.05) is 39.3 Å². The second-order valence-corrected chi connectivity index (χ2v) is 11.2. The first-order valence-electron chi connectivity index (χ1n) is 13.5. The number of nitrogens with one attached hydrogen (secondary N) is 1. The van der Waals surface area contributed by atoms with Crippen LogP contribution < -0.4 is 5.32 Å². The summed E-state index contributed by atoms with van der Waals surface area (Å²) in [4.78, 5) is 30.7. The van der Waals surface area contributed by atoms with Gasteiger partial charge in [-0.05, 0) is 69.7 Å². The highest BCUT2D eigenvalue weighted by Gasteiger charge is 2.49. The first-order valence-corrected chi connectivity index (χ1v) is 14.3. The van der Waals surface area contributed by atoms with Gasteiger partial charge in [-0.25, -0.2) is 0 Å². The summed E-state index contributed by atoms with van der Waals surface area (Å²) in [6, 6.07) is 22.5. The molecule has 1 fully saturated rings. The Hall–Kier alpha value is -3.17. The van der Waals surface area contributed by atoms with Gasteiger partial charge < -0.3 is 10.2 Å². The predicted octanol–water partition coefficient (Wildman–Crippen LogP) is 6.02. The van der Waals surface area contributed by atoms with Crippen molar-refractivity contribution in [3.05, 3.63) is 94.0 Å². The number of unbranched alkanes of at least 4 members (excludes halogenated alkanes) is 1. The minimum Gasteiger partial charge on any atom is -0.346 e. The fourth-order valence-corrected chi connectivity index (χ4v) is 6.44. The van der Waals surface area contributed by atoms with Gasteiger partial charge in [0.15, 0.2) is 0 Å². The highest BCUT2D eigenvalue weighted by molar-refractivity contribution is 9.10. The number of hydrogen-bond donors (Lipinski definition) is 1. The number of fused-ring (bicyclic) bond motifs is 3. The van der Waals surface area contributed by atoms with Crippen LogP contribution >= 0.6 is 15.9 Å². The van der Waals surface area contributed by atoms with E-state index in [1.165, 1.54) is 0 Å². The van der Waals surface area contributed by atoms with E-state index in [0.717, 1.165) is 52.8 Å². The van der Waals surface area contributed by atoms with Gasteiger partial charge in [-0.15, -0.1) is 0 Å². The molecule has 40 heavy (non-hydrogen) atoms. The number of halogens is 4. The van der Waals surface area contributed by atoms with Crippen LogP contribution in [0.15, 0.2) is 77.3 Å². The van der Waals surface area contributed by atoms with E-state index in [0.29, 0.717) is 31.5 Å². The van der Waals surface area contributed by atoms with Crippen LogP contribution in [0, 0.1) is 0 Å². The lowest BCUT2D eigenvalue weighted by Crippen LogP contribution is -2.49. The molecule has 9 heteroatoms. The summed E-state index contributed by atoms with van der Waals surface area (Å²) in [7, 11) is 0. The van der Waals surface area contributed by atoms with E-state index < -0.39 is 24.0 Å². The van der Waals surface area contributed by atoms with Gasteiger partial charge in [-0.3, -0.25) is 14.5 Å². The third-order valence-corrected chi connectivity index (χ3v) is 8.63. The predicted molar refractivity (Wildman–Crippen MR) is 152 cm³/mol. The number of nitrogens with zero attached hydrogens (tertiary/aromatic N) is 2. The first kappa shape index (κ1) is 28.4. The van der Waals surface area contributed by atoms with Crippen LogP contribution in [0.4, 0.5) is 13.2 Å². The molecule has 2 aliphatic rings. The van der Waals surface area contributed by atoms with Crippen LogP contribution in [-0.2, 0) is 10.2 Å². The van der Waals surface area contributed by atoms with Crippen LogP contribution in [0.3, 0.4) is 0 Å². The van der Waals surface area contributed by atoms with Crippen LogP contribution in [0.1, 0.15) is 40.7 Å². The summed E-state index contributed by atoms with van der Waals surface area (Å²) >= 11 is 3.46. The van der Waals surface area contributed by atoms with Gasteiger partial charge in [0.2, 0.25) is 5.91 Å². The van der Waals surface area contributed by atoms with E-state index in [1.807, 2.05) is 77.7 Å². The topological polar surface area (TPSA) is 52.7 Å². The van der Waals surface area contributed by atoms with Crippen LogP contribution in [0.25, 0.3) is 11.1 Å². The number of piperazine rings is 1. The number of rotatable bonds is 8. The third-order valence-electron chi connectivity index (χ3n) is 7.94. The average molecular weight is 615 g/mol. The molecule has 210 valence electrons. The first-order chi connectivity index (χ1) is 19.2. The van der Waals surface area contributed by atoms with Crippen molar-refractivity contribution < 1.29 is 22.8 Å². The highest BCUT2D eigenvalue weighted by atomic mass is 79.9. The van der Waals surface area contributed by atoms with Gasteiger partial charge in [-0.2, -0.15) is 13.2 Å². The second kappa shape index (κ2) is 11.7. The molecule has 0 bridgehead atoms. The lowest BCUT2D eigenvalue weighted by Gasteiger charge is -2.35. The average Bonchev–Trinajstić information content (AvgIpc) is 3.25. The summed E-state index contributed by atoms with van der Waals surface area (Å²) in [5.41, 5.74) is 2.79. The minimum absolute atomic E-state index is 0.0116. The number of carbonyl (C=O) groups excluding carboxylic acids is 2. The molecule has 5 rings (SSSR count). The van der Waals surface area contributed by atoms with Gasteiger partial charge in [0.1, 0.15) is 12.0 Å². The molecule has 1 heterocycles. The number of amides is 2. The molecule has 3 aromatic rings. The largest absolute Gasteiger partial charge is 0.405 e. The van der Waals surface area contributed by atoms with E-state index in [2.05, 4.69) is 26.1 Å². The van der Waals surface area contributed by atoms with E-state index >= 15 is 0 Å². The molecule has 0 atom stereocenters. The van der Waals surface area contributed by atoms with Gasteiger partial charge in [-0.1, -0.05) is 67.1 Å². The van der Waals surface area contributed by atoms with E-state index in [9.17, 15) is 22.8 Å².